The van der Waals surface area contributed by atoms with Gasteiger partial charge in [-0.1, -0.05) is 62.4 Å². The molecule has 1 aliphatic rings. The quantitative estimate of drug-likeness (QED) is 0.208. The van der Waals surface area contributed by atoms with Gasteiger partial charge < -0.3 is 4.42 Å². The summed E-state index contributed by atoms with van der Waals surface area (Å²) < 4.78 is 79.3. The van der Waals surface area contributed by atoms with E-state index in [1.165, 1.54) is 23.2 Å². The summed E-state index contributed by atoms with van der Waals surface area (Å²) in [6.07, 6.45) is -0.561. The Kier molecular flexibility index (Phi) is 3.91. The highest BCUT2D eigenvalue weighted by molar-refractivity contribution is 6.13. The van der Waals surface area contributed by atoms with E-state index in [1.807, 2.05) is 36.4 Å². The molecule has 0 unspecified atom stereocenters. The van der Waals surface area contributed by atoms with Gasteiger partial charge in [-0.15, -0.1) is 0 Å². The lowest BCUT2D eigenvalue weighted by Crippen LogP contribution is -2.31. The Morgan fingerprint density at radius 3 is 2.33 bits per heavy atom. The van der Waals surface area contributed by atoms with Gasteiger partial charge >= 0.3 is 0 Å². The zero-order chi connectivity index (χ0) is 31.5. The first-order valence-corrected chi connectivity index (χ1v) is 12.8. The minimum absolute atomic E-state index is 0.00160. The first kappa shape index (κ1) is 18.9. The Morgan fingerprint density at radius 1 is 0.821 bits per heavy atom. The molecular formula is C35H28F2NO+. The molecular weight excluding hydrogens is 488 g/mol. The Bertz CT molecular complexity index is 2190. The average molecular weight is 522 g/mol. The number of hydrogen-bond acceptors (Lipinski definition) is 1. The summed E-state index contributed by atoms with van der Waals surface area (Å²) in [7, 11) is 1.43. The second-order valence-corrected chi connectivity index (χ2v) is 10.8. The van der Waals surface area contributed by atoms with Crippen molar-refractivity contribution in [1.29, 1.82) is 0 Å². The summed E-state index contributed by atoms with van der Waals surface area (Å²) in [4.78, 5) is 0. The second-order valence-electron chi connectivity index (χ2n) is 10.8. The molecule has 0 N–H and O–H groups in total. The molecule has 1 aliphatic carbocycles. The van der Waals surface area contributed by atoms with Crippen LogP contribution in [0.2, 0.25) is 0 Å². The van der Waals surface area contributed by atoms with Crippen LogP contribution in [0.5, 0.6) is 0 Å². The van der Waals surface area contributed by atoms with Crippen LogP contribution in [0.3, 0.4) is 0 Å². The van der Waals surface area contributed by atoms with Crippen LogP contribution in [0.4, 0.5) is 8.78 Å². The van der Waals surface area contributed by atoms with Gasteiger partial charge in [-0.3, -0.25) is 0 Å². The molecule has 0 radical (unpaired) electrons. The standard InChI is InChI=1S/C35H28F2NO/c1-19-10-12-24-25-14-15-28(36)32(34(25)39-33(24)31(19)30-17-29(37)20(2)18-38(30)5)21-11-13-23-22-8-6-7-9-26(22)35(3,4)27(23)16-21/h6-18H,1-5H3/q+1/i2D3,17D,18D. The van der Waals surface area contributed by atoms with Crippen molar-refractivity contribution in [3.05, 3.63) is 113 Å². The van der Waals surface area contributed by atoms with E-state index in [2.05, 4.69) is 26.0 Å². The lowest BCUT2D eigenvalue weighted by molar-refractivity contribution is -0.661. The first-order chi connectivity index (χ1) is 20.7. The van der Waals surface area contributed by atoms with Crippen LogP contribution in [0.25, 0.3) is 55.4 Å². The minimum Gasteiger partial charge on any atom is -0.454 e. The molecule has 0 fully saturated rings. The zero-order valence-corrected chi connectivity index (χ0v) is 22.0. The fraction of sp³-hybridized carbons (Fsp3) is 0.171. The predicted octanol–water partition coefficient (Wildman–Crippen LogP) is 8.95. The van der Waals surface area contributed by atoms with Gasteiger partial charge in [0.25, 0.3) is 0 Å². The fourth-order valence-corrected chi connectivity index (χ4v) is 6.15. The number of benzene rings is 4. The van der Waals surface area contributed by atoms with Gasteiger partial charge in [0, 0.05) is 31.9 Å². The molecule has 192 valence electrons. The van der Waals surface area contributed by atoms with Crippen LogP contribution < -0.4 is 4.57 Å². The third-order valence-corrected chi connectivity index (χ3v) is 8.14. The number of halogens is 2. The molecule has 39 heavy (non-hydrogen) atoms. The number of hydrogen-bond donors (Lipinski definition) is 0. The molecule has 6 aromatic rings. The van der Waals surface area contributed by atoms with Crippen molar-refractivity contribution < 1.29 is 24.6 Å². The van der Waals surface area contributed by atoms with Gasteiger partial charge in [-0.2, -0.15) is 0 Å². The minimum atomic E-state index is -2.91. The van der Waals surface area contributed by atoms with E-state index in [-0.39, 0.29) is 16.7 Å². The topological polar surface area (TPSA) is 17.0 Å². The number of aryl methyl sites for hydroxylation is 1. The highest BCUT2D eigenvalue weighted by Gasteiger charge is 2.35. The van der Waals surface area contributed by atoms with Gasteiger partial charge in [0.1, 0.15) is 31.2 Å². The summed E-state index contributed by atoms with van der Waals surface area (Å²) in [6, 6.07) is 20.2. The van der Waals surface area contributed by atoms with Gasteiger partial charge in [0.05, 0.1) is 12.5 Å². The Labute approximate surface area is 233 Å². The zero-order valence-electron chi connectivity index (χ0n) is 27.0. The summed E-state index contributed by atoms with van der Waals surface area (Å²) >= 11 is 0. The maximum Gasteiger partial charge on any atom is 0.219 e. The van der Waals surface area contributed by atoms with E-state index in [0.29, 0.717) is 38.6 Å². The van der Waals surface area contributed by atoms with Crippen LogP contribution in [-0.4, -0.2) is 0 Å². The number of nitrogens with zero attached hydrogens (tertiary/aromatic N) is 1. The molecule has 0 amide bonds. The van der Waals surface area contributed by atoms with Crippen molar-refractivity contribution >= 4 is 21.9 Å². The molecule has 7 rings (SSSR count). The van der Waals surface area contributed by atoms with Gasteiger partial charge in [0.2, 0.25) is 5.69 Å². The van der Waals surface area contributed by atoms with E-state index in [4.69, 9.17) is 11.3 Å². The molecule has 0 bridgehead atoms. The van der Waals surface area contributed by atoms with Crippen molar-refractivity contribution in [3.8, 4) is 33.5 Å². The largest absolute Gasteiger partial charge is 0.454 e. The molecule has 4 aromatic carbocycles. The van der Waals surface area contributed by atoms with Crippen molar-refractivity contribution in [2.24, 2.45) is 7.05 Å². The van der Waals surface area contributed by atoms with E-state index < -0.39 is 36.3 Å². The summed E-state index contributed by atoms with van der Waals surface area (Å²) in [6.45, 7) is 3.17. The second kappa shape index (κ2) is 8.09. The number of aromatic nitrogens is 1. The van der Waals surface area contributed by atoms with Crippen LogP contribution in [0, 0.1) is 25.4 Å². The van der Waals surface area contributed by atoms with E-state index >= 15 is 8.78 Å². The van der Waals surface area contributed by atoms with Crippen LogP contribution >= 0.6 is 0 Å². The summed E-state index contributed by atoms with van der Waals surface area (Å²) in [5, 5.41) is 1.27. The third kappa shape index (κ3) is 3.27. The monoisotopic (exact) mass is 521 g/mol. The highest BCUT2D eigenvalue weighted by atomic mass is 19.1. The third-order valence-electron chi connectivity index (χ3n) is 8.14. The summed E-state index contributed by atoms with van der Waals surface area (Å²) in [5.74, 6) is -1.74. The fourth-order valence-electron chi connectivity index (χ4n) is 6.15. The number of pyridine rings is 1. The molecule has 4 heteroatoms. The van der Waals surface area contributed by atoms with Gasteiger partial charge in [0.15, 0.2) is 6.17 Å². The van der Waals surface area contributed by atoms with Crippen molar-refractivity contribution in [2.45, 2.75) is 33.0 Å². The summed E-state index contributed by atoms with van der Waals surface area (Å²) in [5.41, 5.74) is 5.96. The van der Waals surface area contributed by atoms with Crippen molar-refractivity contribution in [3.63, 3.8) is 0 Å². The maximum atomic E-state index is 15.8. The Morgan fingerprint density at radius 2 is 1.54 bits per heavy atom. The van der Waals surface area contributed by atoms with E-state index in [0.717, 1.165) is 16.7 Å². The first-order valence-electron chi connectivity index (χ1n) is 15.3. The van der Waals surface area contributed by atoms with Crippen LogP contribution in [-0.2, 0) is 12.5 Å². The van der Waals surface area contributed by atoms with E-state index in [9.17, 15) is 0 Å². The van der Waals surface area contributed by atoms with E-state index in [1.54, 1.807) is 19.1 Å². The van der Waals surface area contributed by atoms with Crippen LogP contribution in [0.1, 0.15) is 43.0 Å². The average Bonchev–Trinajstić information content (AvgIpc) is 3.44. The smallest absolute Gasteiger partial charge is 0.219 e. The van der Waals surface area contributed by atoms with Crippen LogP contribution in [0.15, 0.2) is 83.4 Å². The van der Waals surface area contributed by atoms with Gasteiger partial charge in [-0.05, 0) is 65.4 Å². The lowest BCUT2D eigenvalue weighted by atomic mass is 9.81. The molecule has 0 saturated heterocycles. The Balaban J connectivity index is 1.51. The Hall–Kier alpha value is -4.31. The molecule has 0 aliphatic heterocycles. The highest BCUT2D eigenvalue weighted by Crippen LogP contribution is 2.50. The number of fused-ring (bicyclic) bond motifs is 6. The molecule has 0 atom stereocenters. The maximum absolute atomic E-state index is 15.8. The lowest BCUT2D eigenvalue weighted by Gasteiger charge is -2.22. The van der Waals surface area contributed by atoms with Crippen molar-refractivity contribution in [1.82, 2.24) is 0 Å². The molecule has 0 saturated carbocycles. The van der Waals surface area contributed by atoms with Gasteiger partial charge in [-0.25, -0.2) is 13.3 Å². The molecule has 2 heterocycles. The number of rotatable bonds is 2. The molecule has 0 spiro atoms. The number of furan rings is 1. The van der Waals surface area contributed by atoms with Crippen molar-refractivity contribution in [2.75, 3.05) is 0 Å². The molecule has 2 nitrogen and oxygen atoms in total. The normalized spacial score (nSPS) is 15.9. The molecule has 2 aromatic heterocycles. The SMILES string of the molecule is [2H]c1c(F)c(C([2H])([2H])[2H])c([2H])[n+](C)c1-c1c(C)ccc2c1oc1c(-c3ccc4c(c3)C(C)(C)c3ccccc3-4)c(F)ccc12. The predicted molar refractivity (Wildman–Crippen MR) is 153 cm³/mol.